The number of nitrogens with zero attached hydrogens (tertiary/aromatic N) is 1. The molecule has 1 aromatic carbocycles. The lowest BCUT2D eigenvalue weighted by Gasteiger charge is -2.09. The molecule has 0 aliphatic heterocycles. The zero-order valence-corrected chi connectivity index (χ0v) is 14.1. The van der Waals surface area contributed by atoms with Crippen LogP contribution in [0.2, 0.25) is 0 Å². The van der Waals surface area contributed by atoms with Crippen molar-refractivity contribution in [3.8, 4) is 0 Å². The molecule has 0 spiro atoms. The van der Waals surface area contributed by atoms with E-state index in [4.69, 9.17) is 0 Å². The Balaban J connectivity index is 1.60. The summed E-state index contributed by atoms with van der Waals surface area (Å²) in [6.07, 6.45) is 2.52. The summed E-state index contributed by atoms with van der Waals surface area (Å²) >= 11 is 0. The number of urea groups is 1. The van der Waals surface area contributed by atoms with E-state index in [9.17, 15) is 9.59 Å². The Morgan fingerprint density at radius 2 is 1.84 bits per heavy atom. The van der Waals surface area contributed by atoms with Gasteiger partial charge in [-0.05, 0) is 36.2 Å². The standard InChI is InChI=1S/C18H22N4O3/c1-25-17(23)15-8-6-14(7-9-15)13-22-18(24)21-12-4-11-20-16-5-2-3-10-19-16/h2-3,5-10H,4,11-13H2,1H3,(H,19,20)(H2,21,22,24). The molecule has 1 heterocycles. The lowest BCUT2D eigenvalue weighted by atomic mass is 10.1. The van der Waals surface area contributed by atoms with Crippen molar-refractivity contribution in [1.29, 1.82) is 0 Å². The van der Waals surface area contributed by atoms with Crippen LogP contribution in [0.5, 0.6) is 0 Å². The van der Waals surface area contributed by atoms with Crippen LogP contribution in [0.15, 0.2) is 48.7 Å². The summed E-state index contributed by atoms with van der Waals surface area (Å²) in [5.41, 5.74) is 1.38. The highest BCUT2D eigenvalue weighted by Crippen LogP contribution is 2.05. The second-order valence-corrected chi connectivity index (χ2v) is 5.29. The highest BCUT2D eigenvalue weighted by atomic mass is 16.5. The van der Waals surface area contributed by atoms with Gasteiger partial charge in [0.1, 0.15) is 5.82 Å². The first-order chi connectivity index (χ1) is 12.2. The van der Waals surface area contributed by atoms with Crippen LogP contribution < -0.4 is 16.0 Å². The topological polar surface area (TPSA) is 92.3 Å². The molecule has 0 saturated carbocycles. The van der Waals surface area contributed by atoms with Crippen molar-refractivity contribution in [3.63, 3.8) is 0 Å². The van der Waals surface area contributed by atoms with Gasteiger partial charge >= 0.3 is 12.0 Å². The zero-order valence-electron chi connectivity index (χ0n) is 14.1. The van der Waals surface area contributed by atoms with Gasteiger partial charge in [0.05, 0.1) is 12.7 Å². The largest absolute Gasteiger partial charge is 0.465 e. The van der Waals surface area contributed by atoms with Crippen molar-refractivity contribution in [2.24, 2.45) is 0 Å². The van der Waals surface area contributed by atoms with Gasteiger partial charge in [-0.2, -0.15) is 0 Å². The molecule has 0 aliphatic carbocycles. The Hall–Kier alpha value is -3.09. The average Bonchev–Trinajstić information content (AvgIpc) is 2.66. The predicted molar refractivity (Wildman–Crippen MR) is 95.4 cm³/mol. The summed E-state index contributed by atoms with van der Waals surface area (Å²) in [4.78, 5) is 27.2. The molecule has 0 radical (unpaired) electrons. The van der Waals surface area contributed by atoms with Gasteiger partial charge in [-0.15, -0.1) is 0 Å². The predicted octanol–water partition coefficient (Wildman–Crippen LogP) is 2.17. The number of rotatable bonds is 8. The number of pyridine rings is 1. The highest BCUT2D eigenvalue weighted by molar-refractivity contribution is 5.89. The monoisotopic (exact) mass is 342 g/mol. The molecule has 2 aromatic rings. The molecule has 25 heavy (non-hydrogen) atoms. The van der Waals surface area contributed by atoms with E-state index in [0.29, 0.717) is 18.7 Å². The third kappa shape index (κ3) is 6.50. The van der Waals surface area contributed by atoms with Crippen molar-refractivity contribution in [3.05, 3.63) is 59.8 Å². The molecule has 0 unspecified atom stereocenters. The van der Waals surface area contributed by atoms with Gasteiger partial charge in [-0.3, -0.25) is 0 Å². The fourth-order valence-electron chi connectivity index (χ4n) is 2.10. The highest BCUT2D eigenvalue weighted by Gasteiger charge is 2.05. The van der Waals surface area contributed by atoms with Gasteiger partial charge in [-0.1, -0.05) is 18.2 Å². The lowest BCUT2D eigenvalue weighted by molar-refractivity contribution is 0.0600. The summed E-state index contributed by atoms with van der Waals surface area (Å²) < 4.78 is 4.64. The summed E-state index contributed by atoms with van der Waals surface area (Å²) in [5, 5.41) is 8.74. The number of esters is 1. The van der Waals surface area contributed by atoms with E-state index in [1.165, 1.54) is 7.11 Å². The summed E-state index contributed by atoms with van der Waals surface area (Å²) in [5.74, 6) is 0.443. The van der Waals surface area contributed by atoms with E-state index in [2.05, 4.69) is 25.7 Å². The third-order valence-electron chi connectivity index (χ3n) is 3.44. The fraction of sp³-hybridized carbons (Fsp3) is 0.278. The number of aromatic nitrogens is 1. The Bertz CT molecular complexity index is 674. The summed E-state index contributed by atoms with van der Waals surface area (Å²) in [7, 11) is 1.34. The summed E-state index contributed by atoms with van der Waals surface area (Å²) in [6.45, 7) is 1.68. The Labute approximate surface area is 146 Å². The number of carbonyl (C=O) groups is 2. The second kappa shape index (κ2) is 9.92. The quantitative estimate of drug-likeness (QED) is 0.505. The molecule has 2 amide bonds. The number of amides is 2. The molecule has 1 aromatic heterocycles. The zero-order chi connectivity index (χ0) is 17.9. The first-order valence-electron chi connectivity index (χ1n) is 8.03. The molecule has 0 bridgehead atoms. The van der Waals surface area contributed by atoms with E-state index in [-0.39, 0.29) is 12.0 Å². The summed E-state index contributed by atoms with van der Waals surface area (Å²) in [6, 6.07) is 12.3. The molecule has 132 valence electrons. The van der Waals surface area contributed by atoms with Gasteiger partial charge in [0.15, 0.2) is 0 Å². The molecular formula is C18H22N4O3. The molecule has 7 nitrogen and oxygen atoms in total. The van der Waals surface area contributed by atoms with E-state index in [1.807, 2.05) is 18.2 Å². The Morgan fingerprint density at radius 1 is 1.04 bits per heavy atom. The molecule has 0 atom stereocenters. The van der Waals surface area contributed by atoms with Crippen LogP contribution >= 0.6 is 0 Å². The van der Waals surface area contributed by atoms with Crippen molar-refractivity contribution >= 4 is 17.8 Å². The van der Waals surface area contributed by atoms with E-state index in [1.54, 1.807) is 30.5 Å². The van der Waals surface area contributed by atoms with E-state index < -0.39 is 0 Å². The van der Waals surface area contributed by atoms with Gasteiger partial charge in [-0.25, -0.2) is 14.6 Å². The Morgan fingerprint density at radius 3 is 2.52 bits per heavy atom. The molecule has 0 fully saturated rings. The minimum absolute atomic E-state index is 0.227. The van der Waals surface area contributed by atoms with Crippen LogP contribution in [0.1, 0.15) is 22.3 Å². The number of anilines is 1. The number of hydrogen-bond acceptors (Lipinski definition) is 5. The van der Waals surface area contributed by atoms with Crippen LogP contribution in [-0.2, 0) is 11.3 Å². The minimum Gasteiger partial charge on any atom is -0.465 e. The van der Waals surface area contributed by atoms with Gasteiger partial charge in [0.2, 0.25) is 0 Å². The number of benzene rings is 1. The number of ether oxygens (including phenoxy) is 1. The fourth-order valence-corrected chi connectivity index (χ4v) is 2.10. The van der Waals surface area contributed by atoms with Crippen molar-refractivity contribution in [2.75, 3.05) is 25.5 Å². The smallest absolute Gasteiger partial charge is 0.337 e. The number of carbonyl (C=O) groups excluding carboxylic acids is 2. The average molecular weight is 342 g/mol. The van der Waals surface area contributed by atoms with Crippen molar-refractivity contribution in [2.45, 2.75) is 13.0 Å². The van der Waals surface area contributed by atoms with E-state index in [0.717, 1.165) is 24.3 Å². The van der Waals surface area contributed by atoms with Gasteiger partial charge in [0, 0.05) is 25.8 Å². The van der Waals surface area contributed by atoms with Gasteiger partial charge in [0.25, 0.3) is 0 Å². The second-order valence-electron chi connectivity index (χ2n) is 5.29. The molecule has 0 aliphatic rings. The SMILES string of the molecule is COC(=O)c1ccc(CNC(=O)NCCCNc2ccccn2)cc1. The molecular weight excluding hydrogens is 320 g/mol. The lowest BCUT2D eigenvalue weighted by Crippen LogP contribution is -2.36. The third-order valence-corrected chi connectivity index (χ3v) is 3.44. The molecule has 3 N–H and O–H groups in total. The number of nitrogens with one attached hydrogen (secondary N) is 3. The first kappa shape index (κ1) is 18.3. The maximum Gasteiger partial charge on any atom is 0.337 e. The normalized spacial score (nSPS) is 9.96. The Kier molecular flexibility index (Phi) is 7.24. The molecule has 0 saturated heterocycles. The van der Waals surface area contributed by atoms with Crippen molar-refractivity contribution in [1.82, 2.24) is 15.6 Å². The molecule has 2 rings (SSSR count). The van der Waals surface area contributed by atoms with Crippen LogP contribution in [0.25, 0.3) is 0 Å². The van der Waals surface area contributed by atoms with Gasteiger partial charge < -0.3 is 20.7 Å². The van der Waals surface area contributed by atoms with Crippen LogP contribution in [0, 0.1) is 0 Å². The molecule has 7 heteroatoms. The van der Waals surface area contributed by atoms with Crippen LogP contribution in [-0.4, -0.2) is 37.2 Å². The number of hydrogen-bond donors (Lipinski definition) is 3. The van der Waals surface area contributed by atoms with Crippen LogP contribution in [0.4, 0.5) is 10.6 Å². The van der Waals surface area contributed by atoms with Crippen molar-refractivity contribution < 1.29 is 14.3 Å². The minimum atomic E-state index is -0.378. The first-order valence-corrected chi connectivity index (χ1v) is 8.03. The number of methoxy groups -OCH3 is 1. The maximum atomic E-state index is 11.7. The van der Waals surface area contributed by atoms with Crippen LogP contribution in [0.3, 0.4) is 0 Å². The van der Waals surface area contributed by atoms with E-state index >= 15 is 0 Å². The maximum absolute atomic E-state index is 11.7.